The standard InChI is InChI=1S/C18H20N6O2/c1-5-8-26-14-7-6-12(10-15(14)25-4)9-13(11-19)16-21-17(20)23-18(22-16)24(2)3/h5-7,9-10H,1,8H2,2-4H3,(H2,20,21,22,23)/b13-9+. The lowest BCUT2D eigenvalue weighted by atomic mass is 10.1. The van der Waals surface area contributed by atoms with Crippen molar-refractivity contribution in [1.82, 2.24) is 15.0 Å². The molecular formula is C18H20N6O2. The number of nitrogen functional groups attached to an aromatic ring is 1. The summed E-state index contributed by atoms with van der Waals surface area (Å²) < 4.78 is 10.9. The molecule has 1 aromatic carbocycles. The number of methoxy groups -OCH3 is 1. The molecule has 0 aliphatic rings. The molecule has 0 amide bonds. The molecule has 0 bridgehead atoms. The van der Waals surface area contributed by atoms with Crippen molar-refractivity contribution in [3.8, 4) is 17.6 Å². The van der Waals surface area contributed by atoms with Gasteiger partial charge in [-0.1, -0.05) is 18.7 Å². The SMILES string of the molecule is C=CCOc1ccc(/C=C(\C#N)c2nc(N)nc(N(C)C)n2)cc1OC. The third kappa shape index (κ3) is 4.48. The van der Waals surface area contributed by atoms with Crippen LogP contribution in [-0.2, 0) is 0 Å². The molecule has 134 valence electrons. The molecule has 0 aliphatic heterocycles. The van der Waals surface area contributed by atoms with Crippen molar-refractivity contribution in [2.75, 3.05) is 38.4 Å². The van der Waals surface area contributed by atoms with Gasteiger partial charge in [-0.25, -0.2) is 0 Å². The smallest absolute Gasteiger partial charge is 0.230 e. The van der Waals surface area contributed by atoms with Crippen molar-refractivity contribution in [1.29, 1.82) is 5.26 Å². The summed E-state index contributed by atoms with van der Waals surface area (Å²) in [6.45, 7) is 3.98. The normalized spacial score (nSPS) is 10.8. The van der Waals surface area contributed by atoms with Gasteiger partial charge in [0.25, 0.3) is 0 Å². The second-order valence-electron chi connectivity index (χ2n) is 5.39. The Morgan fingerprint density at radius 2 is 2.08 bits per heavy atom. The van der Waals surface area contributed by atoms with Crippen molar-refractivity contribution < 1.29 is 9.47 Å². The number of nitriles is 1. The van der Waals surface area contributed by atoms with Crippen molar-refractivity contribution in [3.63, 3.8) is 0 Å². The van der Waals surface area contributed by atoms with Gasteiger partial charge in [0.1, 0.15) is 12.7 Å². The molecule has 0 atom stereocenters. The van der Waals surface area contributed by atoms with E-state index < -0.39 is 0 Å². The van der Waals surface area contributed by atoms with E-state index in [1.165, 1.54) is 0 Å². The minimum absolute atomic E-state index is 0.0469. The zero-order valence-electron chi connectivity index (χ0n) is 14.9. The fourth-order valence-corrected chi connectivity index (χ4v) is 2.06. The molecule has 2 N–H and O–H groups in total. The maximum absolute atomic E-state index is 9.52. The first kappa shape index (κ1) is 18.7. The summed E-state index contributed by atoms with van der Waals surface area (Å²) >= 11 is 0. The Labute approximate surface area is 152 Å². The Kier molecular flexibility index (Phi) is 6.11. The number of benzene rings is 1. The summed E-state index contributed by atoms with van der Waals surface area (Å²) in [6.07, 6.45) is 3.29. The maximum atomic E-state index is 9.52. The number of rotatable bonds is 7. The summed E-state index contributed by atoms with van der Waals surface area (Å²) in [5.74, 6) is 1.75. The number of anilines is 2. The van der Waals surface area contributed by atoms with Crippen LogP contribution in [0.25, 0.3) is 11.6 Å². The average Bonchev–Trinajstić information content (AvgIpc) is 2.64. The van der Waals surface area contributed by atoms with Gasteiger partial charge in [0, 0.05) is 14.1 Å². The molecule has 0 saturated heterocycles. The van der Waals surface area contributed by atoms with Crippen LogP contribution in [0.15, 0.2) is 30.9 Å². The third-order valence-electron chi connectivity index (χ3n) is 3.26. The first-order valence-corrected chi connectivity index (χ1v) is 7.71. The summed E-state index contributed by atoms with van der Waals surface area (Å²) in [6, 6.07) is 7.41. The fraction of sp³-hybridized carbons (Fsp3) is 0.222. The highest BCUT2D eigenvalue weighted by atomic mass is 16.5. The van der Waals surface area contributed by atoms with Crippen LogP contribution < -0.4 is 20.1 Å². The van der Waals surface area contributed by atoms with Crippen molar-refractivity contribution >= 4 is 23.5 Å². The molecule has 8 heteroatoms. The van der Waals surface area contributed by atoms with Crippen LogP contribution in [0.3, 0.4) is 0 Å². The van der Waals surface area contributed by atoms with Gasteiger partial charge in [-0.15, -0.1) is 0 Å². The predicted molar refractivity (Wildman–Crippen MR) is 101 cm³/mol. The Bertz CT molecular complexity index is 870. The number of nitrogens with zero attached hydrogens (tertiary/aromatic N) is 5. The first-order valence-electron chi connectivity index (χ1n) is 7.71. The van der Waals surface area contributed by atoms with Crippen LogP contribution in [0, 0.1) is 11.3 Å². The van der Waals surface area contributed by atoms with E-state index in [1.807, 2.05) is 0 Å². The van der Waals surface area contributed by atoms with Crippen LogP contribution in [-0.4, -0.2) is 42.8 Å². The molecule has 0 aliphatic carbocycles. The number of aromatic nitrogens is 3. The number of ether oxygens (including phenoxy) is 2. The number of nitrogens with two attached hydrogens (primary N) is 1. The van der Waals surface area contributed by atoms with Gasteiger partial charge in [0.2, 0.25) is 11.9 Å². The molecule has 0 unspecified atom stereocenters. The van der Waals surface area contributed by atoms with Crippen LogP contribution in [0.5, 0.6) is 11.5 Å². The summed E-state index contributed by atoms with van der Waals surface area (Å²) in [4.78, 5) is 14.0. The topological polar surface area (TPSA) is 110 Å². The molecule has 8 nitrogen and oxygen atoms in total. The lowest BCUT2D eigenvalue weighted by Gasteiger charge is -2.11. The van der Waals surface area contributed by atoms with Gasteiger partial charge < -0.3 is 20.1 Å². The second kappa shape index (κ2) is 8.48. The molecule has 0 saturated carbocycles. The van der Waals surface area contributed by atoms with Crippen LogP contribution >= 0.6 is 0 Å². The lowest BCUT2D eigenvalue weighted by Crippen LogP contribution is -2.15. The zero-order chi connectivity index (χ0) is 19.1. The molecule has 1 heterocycles. The molecule has 0 fully saturated rings. The lowest BCUT2D eigenvalue weighted by molar-refractivity contribution is 0.326. The maximum Gasteiger partial charge on any atom is 0.230 e. The number of hydrogen-bond donors (Lipinski definition) is 1. The van der Waals surface area contributed by atoms with E-state index in [2.05, 4.69) is 27.6 Å². The van der Waals surface area contributed by atoms with E-state index in [0.29, 0.717) is 24.1 Å². The van der Waals surface area contributed by atoms with E-state index >= 15 is 0 Å². The molecule has 0 radical (unpaired) electrons. The Hall–Kier alpha value is -3.60. The Morgan fingerprint density at radius 3 is 2.69 bits per heavy atom. The van der Waals surface area contributed by atoms with Gasteiger partial charge >= 0.3 is 0 Å². The van der Waals surface area contributed by atoms with Crippen LogP contribution in [0.4, 0.5) is 11.9 Å². The third-order valence-corrected chi connectivity index (χ3v) is 3.26. The Morgan fingerprint density at radius 1 is 1.31 bits per heavy atom. The van der Waals surface area contributed by atoms with Gasteiger partial charge in [-0.05, 0) is 23.8 Å². The van der Waals surface area contributed by atoms with Crippen LogP contribution in [0.2, 0.25) is 0 Å². The second-order valence-corrected chi connectivity index (χ2v) is 5.39. The minimum Gasteiger partial charge on any atom is -0.493 e. The monoisotopic (exact) mass is 352 g/mol. The number of hydrogen-bond acceptors (Lipinski definition) is 8. The first-order chi connectivity index (χ1) is 12.5. The van der Waals surface area contributed by atoms with E-state index in [4.69, 9.17) is 15.2 Å². The summed E-state index contributed by atoms with van der Waals surface area (Å²) in [7, 11) is 5.10. The average molecular weight is 352 g/mol. The molecule has 0 spiro atoms. The van der Waals surface area contributed by atoms with Gasteiger partial charge in [-0.3, -0.25) is 0 Å². The highest BCUT2D eigenvalue weighted by molar-refractivity contribution is 5.87. The zero-order valence-corrected chi connectivity index (χ0v) is 14.9. The summed E-state index contributed by atoms with van der Waals surface area (Å²) in [5.41, 5.74) is 6.71. The minimum atomic E-state index is 0.0469. The fourth-order valence-electron chi connectivity index (χ4n) is 2.06. The van der Waals surface area contributed by atoms with E-state index in [0.717, 1.165) is 5.56 Å². The predicted octanol–water partition coefficient (Wildman–Crippen LogP) is 2.16. The molecule has 2 aromatic rings. The van der Waals surface area contributed by atoms with E-state index in [-0.39, 0.29) is 17.3 Å². The van der Waals surface area contributed by atoms with Crippen molar-refractivity contribution in [2.24, 2.45) is 0 Å². The molecule has 1 aromatic heterocycles. The Balaban J connectivity index is 2.43. The van der Waals surface area contributed by atoms with Gasteiger partial charge in [-0.2, -0.15) is 20.2 Å². The van der Waals surface area contributed by atoms with Crippen molar-refractivity contribution in [2.45, 2.75) is 0 Å². The van der Waals surface area contributed by atoms with Crippen LogP contribution in [0.1, 0.15) is 11.4 Å². The summed E-state index contributed by atoms with van der Waals surface area (Å²) in [5, 5.41) is 9.52. The molecule has 2 rings (SSSR count). The van der Waals surface area contributed by atoms with E-state index in [1.54, 1.807) is 56.5 Å². The van der Waals surface area contributed by atoms with Crippen molar-refractivity contribution in [3.05, 3.63) is 42.2 Å². The largest absolute Gasteiger partial charge is 0.493 e. The quantitative estimate of drug-likeness (QED) is 0.596. The van der Waals surface area contributed by atoms with Gasteiger partial charge in [0.05, 0.1) is 12.7 Å². The molecular weight excluding hydrogens is 332 g/mol. The molecule has 26 heavy (non-hydrogen) atoms. The van der Waals surface area contributed by atoms with E-state index in [9.17, 15) is 5.26 Å². The highest BCUT2D eigenvalue weighted by Gasteiger charge is 2.12. The number of allylic oxidation sites excluding steroid dienone is 1. The van der Waals surface area contributed by atoms with Gasteiger partial charge in [0.15, 0.2) is 17.3 Å². The highest BCUT2D eigenvalue weighted by Crippen LogP contribution is 2.29.